The van der Waals surface area contributed by atoms with Gasteiger partial charge in [0.15, 0.2) is 0 Å². The molecule has 2 rings (SSSR count). The summed E-state index contributed by atoms with van der Waals surface area (Å²) in [5, 5.41) is 9.77. The van der Waals surface area contributed by atoms with Crippen molar-refractivity contribution < 1.29 is 9.84 Å². The van der Waals surface area contributed by atoms with Gasteiger partial charge in [-0.3, -0.25) is 0 Å². The number of hydrogen-bond acceptors (Lipinski definition) is 3. The third kappa shape index (κ3) is 2.83. The molecule has 0 saturated carbocycles. The van der Waals surface area contributed by atoms with E-state index >= 15 is 0 Å². The minimum atomic E-state index is -0.126. The van der Waals surface area contributed by atoms with E-state index < -0.39 is 0 Å². The van der Waals surface area contributed by atoms with Crippen molar-refractivity contribution >= 4 is 11.6 Å². The number of rotatable bonds is 5. The molecular weight excluding hydrogens is 252 g/mol. The molecule has 0 radical (unpaired) electrons. The number of hydrogen-bond donors (Lipinski definition) is 1. The molecular formula is C13H15ClN2O2. The maximum absolute atomic E-state index is 9.25. The van der Waals surface area contributed by atoms with Crippen molar-refractivity contribution in [1.29, 1.82) is 0 Å². The van der Waals surface area contributed by atoms with Crippen LogP contribution in [-0.2, 0) is 13.2 Å². The molecule has 0 aliphatic carbocycles. The van der Waals surface area contributed by atoms with Gasteiger partial charge >= 0.3 is 0 Å². The maximum atomic E-state index is 9.25. The first-order valence-electron chi connectivity index (χ1n) is 5.71. The second kappa shape index (κ2) is 5.89. The van der Waals surface area contributed by atoms with Crippen molar-refractivity contribution in [2.45, 2.75) is 20.1 Å². The highest BCUT2D eigenvalue weighted by Crippen LogP contribution is 2.26. The van der Waals surface area contributed by atoms with Crippen LogP contribution in [0.15, 0.2) is 30.6 Å². The summed E-state index contributed by atoms with van der Waals surface area (Å²) < 4.78 is 7.65. The van der Waals surface area contributed by atoms with E-state index in [0.29, 0.717) is 29.5 Å². The zero-order valence-electron chi connectivity index (χ0n) is 10.1. The second-order valence-corrected chi connectivity index (χ2v) is 4.30. The van der Waals surface area contributed by atoms with E-state index in [-0.39, 0.29) is 6.61 Å². The average Bonchev–Trinajstić information content (AvgIpc) is 2.75. The number of aliphatic hydroxyl groups is 1. The summed E-state index contributed by atoms with van der Waals surface area (Å²) in [4.78, 5) is 4.14. The van der Waals surface area contributed by atoms with Crippen LogP contribution in [0.3, 0.4) is 0 Å². The summed E-state index contributed by atoms with van der Waals surface area (Å²) in [6.45, 7) is 3.03. The lowest BCUT2D eigenvalue weighted by atomic mass is 10.2. The third-order valence-electron chi connectivity index (χ3n) is 2.75. The highest BCUT2D eigenvalue weighted by atomic mass is 35.5. The quantitative estimate of drug-likeness (QED) is 0.904. The molecule has 0 atom stereocenters. The number of aryl methyl sites for hydroxylation is 1. The van der Waals surface area contributed by atoms with Crippen LogP contribution in [0, 0.1) is 6.92 Å². The molecule has 4 nitrogen and oxygen atoms in total. The standard InChI is InChI=1S/C13H15ClN2O2/c1-10-15-5-6-16(10)7-8-18-13-4-2-3-12(14)11(13)9-17/h2-6,17H,7-9H2,1H3. The smallest absolute Gasteiger partial charge is 0.126 e. The Morgan fingerprint density at radius 2 is 2.28 bits per heavy atom. The lowest BCUT2D eigenvalue weighted by Crippen LogP contribution is -2.09. The molecule has 0 aliphatic heterocycles. The number of ether oxygens (including phenoxy) is 1. The van der Waals surface area contributed by atoms with Gasteiger partial charge in [-0.05, 0) is 19.1 Å². The molecule has 1 aromatic heterocycles. The zero-order valence-corrected chi connectivity index (χ0v) is 10.9. The Labute approximate surface area is 111 Å². The van der Waals surface area contributed by atoms with Crippen molar-refractivity contribution in [1.82, 2.24) is 9.55 Å². The Hall–Kier alpha value is -1.52. The minimum Gasteiger partial charge on any atom is -0.491 e. The van der Waals surface area contributed by atoms with Crippen molar-refractivity contribution in [2.75, 3.05) is 6.61 Å². The largest absolute Gasteiger partial charge is 0.491 e. The highest BCUT2D eigenvalue weighted by molar-refractivity contribution is 6.31. The Morgan fingerprint density at radius 3 is 2.94 bits per heavy atom. The van der Waals surface area contributed by atoms with Crippen LogP contribution in [0.1, 0.15) is 11.4 Å². The fraction of sp³-hybridized carbons (Fsp3) is 0.308. The van der Waals surface area contributed by atoms with E-state index in [1.54, 1.807) is 24.4 Å². The third-order valence-corrected chi connectivity index (χ3v) is 3.10. The van der Waals surface area contributed by atoms with E-state index in [0.717, 1.165) is 5.82 Å². The molecule has 0 bridgehead atoms. The van der Waals surface area contributed by atoms with E-state index in [4.69, 9.17) is 16.3 Å². The summed E-state index contributed by atoms with van der Waals surface area (Å²) in [7, 11) is 0. The van der Waals surface area contributed by atoms with Gasteiger partial charge in [0, 0.05) is 23.0 Å². The van der Waals surface area contributed by atoms with Crippen LogP contribution < -0.4 is 4.74 Å². The fourth-order valence-corrected chi connectivity index (χ4v) is 1.95. The van der Waals surface area contributed by atoms with Gasteiger partial charge in [0.25, 0.3) is 0 Å². The molecule has 18 heavy (non-hydrogen) atoms. The summed E-state index contributed by atoms with van der Waals surface area (Å²) >= 11 is 5.98. The van der Waals surface area contributed by atoms with Crippen LogP contribution in [0.4, 0.5) is 0 Å². The van der Waals surface area contributed by atoms with Crippen LogP contribution >= 0.6 is 11.6 Å². The SMILES string of the molecule is Cc1nccn1CCOc1cccc(Cl)c1CO. The number of nitrogens with zero attached hydrogens (tertiary/aromatic N) is 2. The number of benzene rings is 1. The van der Waals surface area contributed by atoms with Crippen LogP contribution in [0.2, 0.25) is 5.02 Å². The second-order valence-electron chi connectivity index (χ2n) is 3.89. The Morgan fingerprint density at radius 1 is 1.44 bits per heavy atom. The van der Waals surface area contributed by atoms with Gasteiger partial charge in [-0.1, -0.05) is 17.7 Å². The van der Waals surface area contributed by atoms with Crippen molar-refractivity contribution in [3.05, 3.63) is 47.0 Å². The first-order chi connectivity index (χ1) is 8.72. The molecule has 1 aromatic carbocycles. The molecule has 96 valence electrons. The fourth-order valence-electron chi connectivity index (χ4n) is 1.72. The monoisotopic (exact) mass is 266 g/mol. The predicted molar refractivity (Wildman–Crippen MR) is 69.8 cm³/mol. The van der Waals surface area contributed by atoms with Crippen molar-refractivity contribution in [2.24, 2.45) is 0 Å². The van der Waals surface area contributed by atoms with Gasteiger partial charge < -0.3 is 14.4 Å². The summed E-state index contributed by atoms with van der Waals surface area (Å²) in [6.07, 6.45) is 3.66. The van der Waals surface area contributed by atoms with Gasteiger partial charge in [0.05, 0.1) is 13.2 Å². The lowest BCUT2D eigenvalue weighted by molar-refractivity contribution is 0.257. The Kier molecular flexibility index (Phi) is 4.23. The maximum Gasteiger partial charge on any atom is 0.126 e. The van der Waals surface area contributed by atoms with Crippen molar-refractivity contribution in [3.63, 3.8) is 0 Å². The molecule has 0 fully saturated rings. The first kappa shape index (κ1) is 12.9. The van der Waals surface area contributed by atoms with Gasteiger partial charge in [-0.25, -0.2) is 4.98 Å². The molecule has 0 saturated heterocycles. The normalized spacial score (nSPS) is 10.6. The van der Waals surface area contributed by atoms with Crippen LogP contribution in [0.25, 0.3) is 0 Å². The van der Waals surface area contributed by atoms with E-state index in [1.165, 1.54) is 0 Å². The molecule has 0 unspecified atom stereocenters. The topological polar surface area (TPSA) is 47.3 Å². The summed E-state index contributed by atoms with van der Waals surface area (Å²) in [6, 6.07) is 5.34. The summed E-state index contributed by atoms with van der Waals surface area (Å²) in [5.74, 6) is 1.58. The molecule has 0 amide bonds. The van der Waals surface area contributed by atoms with Gasteiger partial charge in [0.2, 0.25) is 0 Å². The van der Waals surface area contributed by atoms with Crippen LogP contribution in [0.5, 0.6) is 5.75 Å². The van der Waals surface area contributed by atoms with E-state index in [1.807, 2.05) is 17.7 Å². The molecule has 2 aromatic rings. The number of aromatic nitrogens is 2. The molecule has 5 heteroatoms. The molecule has 1 N–H and O–H groups in total. The lowest BCUT2D eigenvalue weighted by Gasteiger charge is -2.12. The van der Waals surface area contributed by atoms with E-state index in [2.05, 4.69) is 4.98 Å². The number of aliphatic hydroxyl groups excluding tert-OH is 1. The highest BCUT2D eigenvalue weighted by Gasteiger charge is 2.07. The molecule has 1 heterocycles. The average molecular weight is 267 g/mol. The van der Waals surface area contributed by atoms with Crippen molar-refractivity contribution in [3.8, 4) is 5.75 Å². The Bertz CT molecular complexity index is 525. The first-order valence-corrected chi connectivity index (χ1v) is 6.09. The Balaban J connectivity index is 1.98. The van der Waals surface area contributed by atoms with Crippen LogP contribution in [-0.4, -0.2) is 21.3 Å². The molecule has 0 aliphatic rings. The summed E-state index contributed by atoms with van der Waals surface area (Å²) in [5.41, 5.74) is 0.626. The van der Waals surface area contributed by atoms with Gasteiger partial charge in [0.1, 0.15) is 18.2 Å². The molecule has 0 spiro atoms. The minimum absolute atomic E-state index is 0.126. The van der Waals surface area contributed by atoms with Gasteiger partial charge in [-0.2, -0.15) is 0 Å². The number of imidazole rings is 1. The van der Waals surface area contributed by atoms with Gasteiger partial charge in [-0.15, -0.1) is 0 Å². The number of halogens is 1. The zero-order chi connectivity index (χ0) is 13.0. The van der Waals surface area contributed by atoms with E-state index in [9.17, 15) is 5.11 Å². The predicted octanol–water partition coefficient (Wildman–Crippen LogP) is 2.42.